The van der Waals surface area contributed by atoms with Crippen LogP contribution in [0.1, 0.15) is 67.7 Å². The van der Waals surface area contributed by atoms with E-state index in [2.05, 4.69) is 72.8 Å². The van der Waals surface area contributed by atoms with Crippen molar-refractivity contribution in [1.29, 1.82) is 0 Å². The molecule has 2 atom stereocenters. The van der Waals surface area contributed by atoms with Gasteiger partial charge in [-0.05, 0) is 59.0 Å². The molecule has 1 nitrogen and oxygen atoms in total. The molecule has 0 aromatic heterocycles. The number of thioether (sulfide) groups is 2. The van der Waals surface area contributed by atoms with Gasteiger partial charge in [0.05, 0.1) is 0 Å². The van der Waals surface area contributed by atoms with Crippen LogP contribution in [0.5, 0.6) is 0 Å². The molecule has 0 saturated carbocycles. The average Bonchev–Trinajstić information content (AvgIpc) is 2.47. The normalized spacial score (nSPS) is 16.2. The second kappa shape index (κ2) is 14.1. The van der Waals surface area contributed by atoms with Gasteiger partial charge >= 0.3 is 0 Å². The van der Waals surface area contributed by atoms with Crippen molar-refractivity contribution >= 4 is 23.5 Å². The third-order valence-corrected chi connectivity index (χ3v) is 5.93. The Bertz CT molecular complexity index is 402. The number of hydrogen-bond acceptors (Lipinski definition) is 3. The molecule has 0 aliphatic rings. The first kappa shape index (κ1) is 23.9. The van der Waals surface area contributed by atoms with E-state index < -0.39 is 0 Å². The zero-order chi connectivity index (χ0) is 18.4. The molecular formula is C21H38OS2. The summed E-state index contributed by atoms with van der Waals surface area (Å²) in [5.41, 5.74) is 3.13. The summed E-state index contributed by atoms with van der Waals surface area (Å²) in [7, 11) is 0. The number of allylic oxidation sites excluding steroid dienone is 5. The minimum Gasteiger partial charge on any atom is -0.368 e. The lowest BCUT2D eigenvalue weighted by molar-refractivity contribution is 0.115. The Labute approximate surface area is 159 Å². The number of rotatable bonds is 13. The van der Waals surface area contributed by atoms with Crippen molar-refractivity contribution in [3.63, 3.8) is 0 Å². The van der Waals surface area contributed by atoms with Crippen molar-refractivity contribution in [3.05, 3.63) is 35.5 Å². The Hall–Kier alpha value is -0.120. The third-order valence-electron chi connectivity index (χ3n) is 3.67. The van der Waals surface area contributed by atoms with E-state index in [-0.39, 0.29) is 10.2 Å². The summed E-state index contributed by atoms with van der Waals surface area (Å²) in [5, 5.41) is 0. The van der Waals surface area contributed by atoms with E-state index in [1.807, 2.05) is 23.5 Å². The van der Waals surface area contributed by atoms with E-state index in [1.54, 1.807) is 0 Å². The van der Waals surface area contributed by atoms with Crippen LogP contribution in [0.25, 0.3) is 0 Å². The van der Waals surface area contributed by atoms with Gasteiger partial charge in [-0.1, -0.05) is 49.3 Å². The molecule has 0 fully saturated rings. The molecule has 0 aromatic carbocycles. The van der Waals surface area contributed by atoms with Crippen LogP contribution in [0.15, 0.2) is 35.5 Å². The van der Waals surface area contributed by atoms with Crippen LogP contribution in [-0.2, 0) is 4.74 Å². The van der Waals surface area contributed by atoms with Crippen molar-refractivity contribution in [3.8, 4) is 0 Å². The van der Waals surface area contributed by atoms with Crippen LogP contribution in [-0.4, -0.2) is 28.3 Å². The van der Waals surface area contributed by atoms with Gasteiger partial charge < -0.3 is 4.74 Å². The van der Waals surface area contributed by atoms with Crippen molar-refractivity contribution < 1.29 is 4.74 Å². The number of hydrogen-bond donors (Lipinski definition) is 0. The zero-order valence-electron chi connectivity index (χ0n) is 16.9. The largest absolute Gasteiger partial charge is 0.368 e. The Morgan fingerprint density at radius 1 is 1.12 bits per heavy atom. The molecule has 0 spiro atoms. The van der Waals surface area contributed by atoms with Gasteiger partial charge in [0.25, 0.3) is 0 Å². The van der Waals surface area contributed by atoms with Crippen LogP contribution in [0.4, 0.5) is 0 Å². The van der Waals surface area contributed by atoms with Gasteiger partial charge in [0.15, 0.2) is 0 Å². The number of ether oxygens (including phenoxy) is 1. The van der Waals surface area contributed by atoms with E-state index in [0.717, 1.165) is 37.4 Å². The maximum Gasteiger partial charge on any atom is 0.104 e. The Balaban J connectivity index is 4.79. The van der Waals surface area contributed by atoms with Crippen LogP contribution >= 0.6 is 23.5 Å². The predicted octanol–water partition coefficient (Wildman–Crippen LogP) is 7.25. The first-order valence-electron chi connectivity index (χ1n) is 9.22. The average molecular weight is 371 g/mol. The molecule has 140 valence electrons. The molecule has 0 aromatic rings. The summed E-state index contributed by atoms with van der Waals surface area (Å²) in [4.78, 5) is 0. The Morgan fingerprint density at radius 3 is 2.38 bits per heavy atom. The predicted molar refractivity (Wildman–Crippen MR) is 116 cm³/mol. The molecule has 24 heavy (non-hydrogen) atoms. The maximum absolute atomic E-state index is 5.92. The second-order valence-electron chi connectivity index (χ2n) is 6.48. The molecule has 2 unspecified atom stereocenters. The highest BCUT2D eigenvalue weighted by Gasteiger charge is 2.26. The molecule has 0 N–H and O–H groups in total. The highest BCUT2D eigenvalue weighted by molar-refractivity contribution is 8.01. The third kappa shape index (κ3) is 12.3. The summed E-state index contributed by atoms with van der Waals surface area (Å²) in [6.07, 6.45) is 12.5. The van der Waals surface area contributed by atoms with E-state index >= 15 is 0 Å². The molecule has 0 rings (SSSR count). The van der Waals surface area contributed by atoms with Gasteiger partial charge in [0.2, 0.25) is 0 Å². The van der Waals surface area contributed by atoms with Crippen molar-refractivity contribution in [2.75, 3.05) is 18.1 Å². The fourth-order valence-corrected chi connectivity index (χ4v) is 4.74. The maximum atomic E-state index is 5.92. The van der Waals surface area contributed by atoms with Gasteiger partial charge in [0.1, 0.15) is 5.44 Å². The smallest absolute Gasteiger partial charge is 0.104 e. The van der Waals surface area contributed by atoms with E-state index in [4.69, 9.17) is 4.74 Å². The molecule has 0 bridgehead atoms. The summed E-state index contributed by atoms with van der Waals surface area (Å²) in [5.74, 6) is 2.23. The first-order valence-corrected chi connectivity index (χ1v) is 11.3. The SMILES string of the molecule is CCOC(CC(C)(C=CC=C(C)CCC=C(C)C)SCC)SCC. The summed E-state index contributed by atoms with van der Waals surface area (Å²) < 4.78 is 6.05. The highest BCUT2D eigenvalue weighted by atomic mass is 32.2. The molecule has 0 amide bonds. The quantitative estimate of drug-likeness (QED) is 0.192. The summed E-state index contributed by atoms with van der Waals surface area (Å²) >= 11 is 3.93. The first-order chi connectivity index (χ1) is 11.4. The van der Waals surface area contributed by atoms with Gasteiger partial charge in [-0.15, -0.1) is 11.8 Å². The molecule has 0 aliphatic heterocycles. The lowest BCUT2D eigenvalue weighted by Crippen LogP contribution is -2.25. The van der Waals surface area contributed by atoms with Gasteiger partial charge in [-0.25, -0.2) is 0 Å². The molecule has 0 saturated heterocycles. The van der Waals surface area contributed by atoms with Crippen molar-refractivity contribution in [1.82, 2.24) is 0 Å². The topological polar surface area (TPSA) is 9.23 Å². The summed E-state index contributed by atoms with van der Waals surface area (Å²) in [6, 6.07) is 0. The van der Waals surface area contributed by atoms with Crippen LogP contribution in [0.2, 0.25) is 0 Å². The summed E-state index contributed by atoms with van der Waals surface area (Å²) in [6.45, 7) is 16.2. The monoisotopic (exact) mass is 370 g/mol. The van der Waals surface area contributed by atoms with Crippen LogP contribution < -0.4 is 0 Å². The minimum atomic E-state index is 0.132. The highest BCUT2D eigenvalue weighted by Crippen LogP contribution is 2.35. The lowest BCUT2D eigenvalue weighted by atomic mass is 10.1. The van der Waals surface area contributed by atoms with Gasteiger partial charge in [0, 0.05) is 17.8 Å². The lowest BCUT2D eigenvalue weighted by Gasteiger charge is -2.29. The van der Waals surface area contributed by atoms with E-state index in [9.17, 15) is 0 Å². The van der Waals surface area contributed by atoms with E-state index in [0.29, 0.717) is 0 Å². The minimum absolute atomic E-state index is 0.132. The molecule has 3 heteroatoms. The zero-order valence-corrected chi connectivity index (χ0v) is 18.5. The fraction of sp³-hybridized carbons (Fsp3) is 0.714. The molecular weight excluding hydrogens is 332 g/mol. The molecule has 0 radical (unpaired) electrons. The molecule has 0 heterocycles. The Kier molecular flexibility index (Phi) is 14.0. The van der Waals surface area contributed by atoms with Crippen molar-refractivity contribution in [2.45, 2.75) is 77.9 Å². The molecule has 0 aliphatic carbocycles. The van der Waals surface area contributed by atoms with Gasteiger partial charge in [-0.3, -0.25) is 0 Å². The van der Waals surface area contributed by atoms with Gasteiger partial charge in [-0.2, -0.15) is 11.8 Å². The van der Waals surface area contributed by atoms with E-state index in [1.165, 1.54) is 11.1 Å². The van der Waals surface area contributed by atoms with Crippen LogP contribution in [0, 0.1) is 0 Å². The fourth-order valence-electron chi connectivity index (χ4n) is 2.46. The standard InChI is InChI=1S/C21H38OS2/c1-8-22-20(23-9-2)17-21(7,24-10-3)16-12-15-19(6)14-11-13-18(4)5/h12-13,15-16,20H,8-11,14,17H2,1-7H3. The van der Waals surface area contributed by atoms with Crippen molar-refractivity contribution in [2.24, 2.45) is 0 Å². The second-order valence-corrected chi connectivity index (χ2v) is 9.72. The Morgan fingerprint density at radius 2 is 1.83 bits per heavy atom. The van der Waals surface area contributed by atoms with Crippen LogP contribution in [0.3, 0.4) is 0 Å².